The molecule has 22 nitrogen and oxygen atoms in total. The number of carbonyl (C=O) groups is 7. The number of ketones is 1. The van der Waals surface area contributed by atoms with Crippen molar-refractivity contribution in [2.75, 3.05) is 101 Å². The smallest absolute Gasteiger partial charge is 0.377 e. The van der Waals surface area contributed by atoms with Gasteiger partial charge >= 0.3 is 12.2 Å². The van der Waals surface area contributed by atoms with Crippen molar-refractivity contribution in [1.82, 2.24) is 31.9 Å². The summed E-state index contributed by atoms with van der Waals surface area (Å²) in [5.41, 5.74) is 22.3. The molecule has 34 heteroatoms. The number of hydrogen-bond acceptors (Lipinski definition) is 24. The summed E-state index contributed by atoms with van der Waals surface area (Å²) in [6.07, 6.45) is 0.197. The number of rotatable bonds is 33. The van der Waals surface area contributed by atoms with Gasteiger partial charge in [0, 0.05) is 224 Å². The molecule has 420 valence electrons. The number of amides is 6. The van der Waals surface area contributed by atoms with Crippen LogP contribution in [-0.2, 0) is 179 Å². The molecule has 4 atom stereocenters. The van der Waals surface area contributed by atoms with E-state index in [4.69, 9.17) is 32.4 Å². The van der Waals surface area contributed by atoms with Crippen LogP contribution < -0.4 is 54.8 Å². The summed E-state index contributed by atoms with van der Waals surface area (Å²) in [4.78, 5) is 86.5. The van der Waals surface area contributed by atoms with Crippen molar-refractivity contribution < 1.29 is 188 Å². The van der Waals surface area contributed by atoms with Crippen molar-refractivity contribution in [2.24, 2.45) is 22.9 Å². The molecule has 0 aliphatic heterocycles. The minimum atomic E-state index is -0.596. The van der Waals surface area contributed by atoms with Gasteiger partial charge in [-0.2, -0.15) is 0 Å². The van der Waals surface area contributed by atoms with Crippen LogP contribution in [0.4, 0.5) is 9.59 Å². The molecule has 0 aromatic heterocycles. The Morgan fingerprint density at radius 2 is 0.792 bits per heavy atom. The van der Waals surface area contributed by atoms with E-state index in [1.54, 1.807) is 49.8 Å². The molecule has 0 aliphatic carbocycles. The number of Topliss-reactive ketones (excluding diaryl/α,β-unsaturated/α-hetero) is 1. The first-order chi connectivity index (χ1) is 30.6. The monoisotopic (exact) mass is 1480 g/mol. The average molecular weight is 1480 g/mol. The maximum absolute atomic E-state index is 11.5. The van der Waals surface area contributed by atoms with E-state index in [1.165, 1.54) is 71.2 Å². The molecule has 72 heavy (non-hydrogen) atoms. The van der Waals surface area contributed by atoms with Crippen LogP contribution in [0.1, 0.15) is 19.3 Å². The van der Waals surface area contributed by atoms with Gasteiger partial charge in [0.2, 0.25) is 23.6 Å². The molecule has 6 amide bonds. The SMILES string of the molecule is CNC(=O)C(N)CSSCCO[C-]=O.[CH2-]NC(=O)OCCCC(=O)CCSSCC(N)C(=O)NC.[CH2-]NC(=O)OCCSSCC(N)C(=O)NC.[CH2-]OCCSSCC(N)C(=O)NC.[CH3-].[CH3-].[CH3-].[CH3-].[Y].[Y].[Y].[Y]. The van der Waals surface area contributed by atoms with Gasteiger partial charge in [0.15, 0.2) is 0 Å². The second-order valence-corrected chi connectivity index (χ2v) is 21.7. The van der Waals surface area contributed by atoms with Crippen LogP contribution in [0.3, 0.4) is 0 Å². The Balaban J connectivity index is -0.0000000653. The van der Waals surface area contributed by atoms with Gasteiger partial charge in [0.05, 0.1) is 37.4 Å². The van der Waals surface area contributed by atoms with Crippen LogP contribution in [0.25, 0.3) is 0 Å². The third-order valence-electron chi connectivity index (χ3n) is 6.28. The van der Waals surface area contributed by atoms with Gasteiger partial charge in [-0.15, -0.1) is 0 Å². The summed E-state index contributed by atoms with van der Waals surface area (Å²) in [5, 5.41) is 14.1. The van der Waals surface area contributed by atoms with Crippen molar-refractivity contribution in [3.8, 4) is 0 Å². The first kappa shape index (κ1) is 103. The summed E-state index contributed by atoms with van der Waals surface area (Å²) in [6, 6.07) is -1.95. The molecule has 14 N–H and O–H groups in total. The average Bonchev–Trinajstić information content (AvgIpc) is 3.31. The summed E-state index contributed by atoms with van der Waals surface area (Å²) >= 11 is 0. The molecule has 0 fully saturated rings. The van der Waals surface area contributed by atoms with Crippen LogP contribution in [-0.4, -0.2) is 173 Å². The van der Waals surface area contributed by atoms with Crippen LogP contribution in [0.15, 0.2) is 0 Å². The minimum Gasteiger partial charge on any atom is -0.652 e. The van der Waals surface area contributed by atoms with E-state index < -0.39 is 36.4 Å². The Morgan fingerprint density at radius 1 is 0.486 bits per heavy atom. The largest absolute Gasteiger partial charge is 0.652 e. The van der Waals surface area contributed by atoms with Crippen molar-refractivity contribution in [3.63, 3.8) is 0 Å². The Hall–Kier alpha value is 2.58. The van der Waals surface area contributed by atoms with E-state index in [1.807, 2.05) is 0 Å². The fourth-order valence-electron chi connectivity index (χ4n) is 2.96. The molecule has 0 aromatic rings. The van der Waals surface area contributed by atoms with Crippen LogP contribution in [0.2, 0.25) is 0 Å². The van der Waals surface area contributed by atoms with Gasteiger partial charge in [-0.05, 0) is 6.42 Å². The summed E-state index contributed by atoms with van der Waals surface area (Å²) in [5.74, 6) is 4.47. The molecule has 4 unspecified atom stereocenters. The molecule has 4 radical (unpaired) electrons. The summed E-state index contributed by atoms with van der Waals surface area (Å²) in [6.45, 7) is 2.79. The van der Waals surface area contributed by atoms with Crippen molar-refractivity contribution in [1.29, 1.82) is 0 Å². The minimum absolute atomic E-state index is 0. The van der Waals surface area contributed by atoms with E-state index in [0.29, 0.717) is 79.4 Å². The third kappa shape index (κ3) is 76.8. The number of nitrogens with two attached hydrogens (primary N) is 4. The zero-order valence-corrected chi connectivity index (χ0v) is 60.7. The predicted molar refractivity (Wildman–Crippen MR) is 295 cm³/mol. The van der Waals surface area contributed by atoms with E-state index in [2.05, 4.69) is 62.6 Å². The summed E-state index contributed by atoms with van der Waals surface area (Å²) < 4.78 is 18.4. The number of alkyl carbamates (subject to hydrolysis) is 2. The van der Waals surface area contributed by atoms with Crippen molar-refractivity contribution in [2.45, 2.75) is 43.4 Å². The molecule has 0 saturated heterocycles. The number of hydrogen-bond donors (Lipinski definition) is 10. The number of carbonyl (C=O) groups excluding carboxylic acids is 8. The standard InChI is InChI=1S/C12H22N3O4S2.C8H16N3O3S2.C7H13N2O3S2.C7H15N2O2S2.4CH3.4Y/c1-14-11(17)10(13)8-21-20-7-5-9(16)4-3-6-19-12(18)15-2;1-10-7(12)6(9)5-16-15-4-3-14-8(13)11-2;1-9-7(11)6(8)4-14-13-3-2-12-5-10;1-9-7(10)6(8)5-13-12-4-3-11-2;;;;;;;;/h10H,2-8,13H2,1H3,(H,14,17)(H,15,18);6H,2-5,9H2,1H3,(H,10,12)(H,11,13);6H,2-4,8H2,1H3,(H,9,11);6H,2-5,8H2,1H3,(H,9,10);4*1H3;;;;/q8*-1;;;;. The normalized spacial score (nSPS) is 10.5. The molecule has 0 rings (SSSR count). The molecule has 0 heterocycles. The van der Waals surface area contributed by atoms with E-state index >= 15 is 0 Å². The molecular formula is C38H78N10O12S8Y4-8. The van der Waals surface area contributed by atoms with E-state index in [-0.39, 0.29) is 197 Å². The Kier molecular flexibility index (Phi) is 115. The molecular weight excluding hydrogens is 1400 g/mol. The van der Waals surface area contributed by atoms with Gasteiger partial charge < -0.3 is 108 Å². The fraction of sp³-hybridized carbons (Fsp3) is 0.605. The Labute approximate surface area is 564 Å². The van der Waals surface area contributed by atoms with E-state index in [0.717, 1.165) is 5.75 Å². The molecule has 0 bridgehead atoms. The van der Waals surface area contributed by atoms with Gasteiger partial charge in [-0.25, -0.2) is 16.7 Å². The summed E-state index contributed by atoms with van der Waals surface area (Å²) in [7, 11) is 27.9. The van der Waals surface area contributed by atoms with Gasteiger partial charge in [0.25, 0.3) is 0 Å². The van der Waals surface area contributed by atoms with Crippen LogP contribution >= 0.6 is 86.4 Å². The van der Waals surface area contributed by atoms with Gasteiger partial charge in [-0.3, -0.25) is 38.1 Å². The predicted octanol–water partition coefficient (Wildman–Crippen LogP) is 2.22. The second kappa shape index (κ2) is 80.1. The first-order valence-electron chi connectivity index (χ1n) is 18.7. The second-order valence-electron chi connectivity index (χ2n) is 11.2. The van der Waals surface area contributed by atoms with Gasteiger partial charge in [0.1, 0.15) is 12.4 Å². The van der Waals surface area contributed by atoms with Crippen LogP contribution in [0, 0.1) is 50.9 Å². The quantitative estimate of drug-likeness (QED) is 0.0195. The molecule has 0 spiro atoms. The number of likely N-dealkylation sites (N-methyl/N-ethyl adjacent to an activating group) is 4. The topological polar surface area (TPSA) is 350 Å². The molecule has 0 saturated carbocycles. The zero-order valence-electron chi connectivity index (χ0n) is 42.8. The molecule has 0 aliphatic rings. The maximum atomic E-state index is 11.5. The van der Waals surface area contributed by atoms with Gasteiger partial charge in [-0.1, -0.05) is 92.8 Å². The number of nitrogens with one attached hydrogen (secondary N) is 6. The molecule has 0 aromatic carbocycles. The zero-order chi connectivity index (χ0) is 49.4. The van der Waals surface area contributed by atoms with Crippen molar-refractivity contribution >= 4 is 134 Å². The number of ether oxygens (including phenoxy) is 4. The van der Waals surface area contributed by atoms with E-state index in [9.17, 15) is 38.4 Å². The van der Waals surface area contributed by atoms with Crippen molar-refractivity contribution in [3.05, 3.63) is 50.9 Å². The first-order valence-corrected chi connectivity index (χ1v) is 28.7. The Bertz CT molecular complexity index is 1280. The Morgan fingerprint density at radius 3 is 1.10 bits per heavy atom. The fourth-order valence-corrected chi connectivity index (χ4v) is 11.0. The van der Waals surface area contributed by atoms with Crippen LogP contribution in [0.5, 0.6) is 0 Å². The maximum Gasteiger partial charge on any atom is 0.377 e. The third-order valence-corrected chi connectivity index (χ3v) is 15.9.